The summed E-state index contributed by atoms with van der Waals surface area (Å²) in [4.78, 5) is 4.94. The molecular weight excluding hydrogens is 462 g/mol. The zero-order valence-corrected chi connectivity index (χ0v) is 20.7. The highest BCUT2D eigenvalue weighted by molar-refractivity contribution is 7.98. The maximum atomic E-state index is 12.5. The summed E-state index contributed by atoms with van der Waals surface area (Å²) in [5.41, 5.74) is 3.34. The van der Waals surface area contributed by atoms with Gasteiger partial charge in [-0.15, -0.1) is 5.10 Å². The second-order valence-corrected chi connectivity index (χ2v) is 10.6. The Kier molecular flexibility index (Phi) is 6.41. The van der Waals surface area contributed by atoms with Crippen molar-refractivity contribution in [3.05, 3.63) is 47.8 Å². The number of thioether (sulfide) groups is 1. The average Bonchev–Trinajstić information content (AvgIpc) is 3.40. The fourth-order valence-corrected chi connectivity index (χ4v) is 5.26. The van der Waals surface area contributed by atoms with Gasteiger partial charge in [-0.2, -0.15) is 4.68 Å². The van der Waals surface area contributed by atoms with Crippen molar-refractivity contribution in [1.82, 2.24) is 34.1 Å². The van der Waals surface area contributed by atoms with Gasteiger partial charge >= 0.3 is 0 Å². The Morgan fingerprint density at radius 3 is 2.64 bits per heavy atom. The van der Waals surface area contributed by atoms with Crippen molar-refractivity contribution in [2.24, 2.45) is 0 Å². The van der Waals surface area contributed by atoms with Crippen LogP contribution in [0, 0.1) is 6.92 Å². The summed E-state index contributed by atoms with van der Waals surface area (Å²) in [7, 11) is 1.10. The zero-order valence-electron chi connectivity index (χ0n) is 19.1. The van der Waals surface area contributed by atoms with Crippen molar-refractivity contribution < 1.29 is 13.2 Å². The Hall–Kier alpha value is -2.96. The van der Waals surface area contributed by atoms with E-state index in [0.29, 0.717) is 28.7 Å². The van der Waals surface area contributed by atoms with Crippen molar-refractivity contribution in [2.45, 2.75) is 36.2 Å². The first-order chi connectivity index (χ1) is 15.8. The molecule has 10 nitrogen and oxygen atoms in total. The van der Waals surface area contributed by atoms with E-state index in [-0.39, 0.29) is 4.90 Å². The molecule has 0 atom stereocenters. The summed E-state index contributed by atoms with van der Waals surface area (Å²) >= 11 is 1.45. The Balaban J connectivity index is 1.66. The number of ether oxygens (including phenoxy) is 1. The van der Waals surface area contributed by atoms with Crippen LogP contribution in [0.2, 0.25) is 0 Å². The van der Waals surface area contributed by atoms with Crippen molar-refractivity contribution >= 4 is 32.8 Å². The van der Waals surface area contributed by atoms with E-state index in [1.165, 1.54) is 30.2 Å². The van der Waals surface area contributed by atoms with Crippen molar-refractivity contribution in [2.75, 3.05) is 21.2 Å². The van der Waals surface area contributed by atoms with Crippen LogP contribution in [0.1, 0.15) is 18.3 Å². The summed E-state index contributed by atoms with van der Waals surface area (Å²) < 4.78 is 35.4. The molecule has 0 saturated heterocycles. The lowest BCUT2D eigenvalue weighted by Gasteiger charge is -2.11. The van der Waals surface area contributed by atoms with Crippen LogP contribution in [0.25, 0.3) is 16.7 Å². The number of tetrazole rings is 1. The molecule has 0 N–H and O–H groups in total. The molecule has 0 aliphatic carbocycles. The number of imidazole rings is 1. The van der Waals surface area contributed by atoms with Gasteiger partial charge < -0.3 is 9.30 Å². The largest absolute Gasteiger partial charge is 0.494 e. The quantitative estimate of drug-likeness (QED) is 0.349. The molecule has 0 spiro atoms. The molecule has 2 aromatic heterocycles. The monoisotopic (exact) mass is 487 g/mol. The first-order valence-electron chi connectivity index (χ1n) is 10.2. The average molecular weight is 488 g/mol. The Morgan fingerprint density at radius 2 is 1.94 bits per heavy atom. The van der Waals surface area contributed by atoms with Gasteiger partial charge in [-0.1, -0.05) is 17.8 Å². The molecule has 4 aromatic rings. The van der Waals surface area contributed by atoms with Crippen molar-refractivity contribution in [3.63, 3.8) is 0 Å². The van der Waals surface area contributed by atoms with Crippen LogP contribution in [-0.4, -0.2) is 63.7 Å². The first kappa shape index (κ1) is 23.2. The number of fused-ring (bicyclic) bond motifs is 1. The van der Waals surface area contributed by atoms with Gasteiger partial charge in [0, 0.05) is 20.6 Å². The number of nitrogens with zero attached hydrogens (tertiary/aromatic N) is 7. The van der Waals surface area contributed by atoms with Crippen LogP contribution in [-0.2, 0) is 22.3 Å². The number of hydrogen-bond acceptors (Lipinski definition) is 8. The van der Waals surface area contributed by atoms with E-state index in [2.05, 4.69) is 20.1 Å². The summed E-state index contributed by atoms with van der Waals surface area (Å²) in [5, 5.41) is 12.8. The lowest BCUT2D eigenvalue weighted by molar-refractivity contribution is 0.410. The predicted octanol–water partition coefficient (Wildman–Crippen LogP) is 2.89. The number of sulfonamides is 1. The fourth-order valence-electron chi connectivity index (χ4n) is 3.51. The van der Waals surface area contributed by atoms with E-state index in [9.17, 15) is 8.42 Å². The van der Waals surface area contributed by atoms with Gasteiger partial charge in [0.2, 0.25) is 15.2 Å². The van der Waals surface area contributed by atoms with Gasteiger partial charge in [-0.3, -0.25) is 0 Å². The molecule has 0 radical (unpaired) electrons. The molecular formula is C21H25N7O3S2. The van der Waals surface area contributed by atoms with E-state index in [0.717, 1.165) is 22.6 Å². The van der Waals surface area contributed by atoms with E-state index in [4.69, 9.17) is 9.72 Å². The number of aryl methyl sites for hydroxylation is 2. The number of rotatable bonds is 8. The minimum Gasteiger partial charge on any atom is -0.494 e. The fraction of sp³-hybridized carbons (Fsp3) is 0.333. The normalized spacial score (nSPS) is 12.1. The molecule has 0 saturated carbocycles. The molecule has 12 heteroatoms. The molecule has 0 unspecified atom stereocenters. The molecule has 0 amide bonds. The van der Waals surface area contributed by atoms with Gasteiger partial charge in [-0.05, 0) is 60.2 Å². The van der Waals surface area contributed by atoms with Crippen LogP contribution in [0.4, 0.5) is 0 Å². The van der Waals surface area contributed by atoms with E-state index < -0.39 is 10.0 Å². The number of aromatic nitrogens is 6. The zero-order chi connectivity index (χ0) is 23.8. The second-order valence-electron chi connectivity index (χ2n) is 7.55. The van der Waals surface area contributed by atoms with Crippen molar-refractivity contribution in [3.8, 4) is 11.4 Å². The molecule has 33 heavy (non-hydrogen) atoms. The van der Waals surface area contributed by atoms with Crippen molar-refractivity contribution in [1.29, 1.82) is 0 Å². The number of methoxy groups -OCH3 is 1. The smallest absolute Gasteiger partial charge is 0.242 e. The Morgan fingerprint density at radius 1 is 1.15 bits per heavy atom. The highest BCUT2D eigenvalue weighted by atomic mass is 32.2. The van der Waals surface area contributed by atoms with E-state index in [1.54, 1.807) is 30.0 Å². The van der Waals surface area contributed by atoms with Crippen LogP contribution in [0.5, 0.6) is 5.75 Å². The lowest BCUT2D eigenvalue weighted by atomic mass is 10.2. The maximum absolute atomic E-state index is 12.5. The molecule has 0 bridgehead atoms. The molecule has 0 aliphatic rings. The standard InChI is InChI=1S/C21H25N7O3S2/c1-6-27-17-9-8-15(33(29,30)26(3)4)12-16(17)22-20(27)13-32-21-23-24-25-28(21)18-11-14(2)7-10-19(18)31-5/h7-12H,6,13H2,1-5H3. The molecule has 2 aromatic carbocycles. The summed E-state index contributed by atoms with van der Waals surface area (Å²) in [6.45, 7) is 4.72. The highest BCUT2D eigenvalue weighted by Crippen LogP contribution is 2.30. The van der Waals surface area contributed by atoms with Crippen LogP contribution < -0.4 is 4.74 Å². The van der Waals surface area contributed by atoms with Gasteiger partial charge in [0.05, 0.1) is 28.8 Å². The molecule has 0 aliphatic heterocycles. The molecule has 4 rings (SSSR count). The van der Waals surface area contributed by atoms with Gasteiger partial charge in [0.1, 0.15) is 17.3 Å². The van der Waals surface area contributed by atoms with Crippen LogP contribution >= 0.6 is 11.8 Å². The second kappa shape index (κ2) is 9.12. The van der Waals surface area contributed by atoms with Crippen LogP contribution in [0.15, 0.2) is 46.5 Å². The Labute approximate surface area is 196 Å². The topological polar surface area (TPSA) is 108 Å². The molecule has 0 fully saturated rings. The third-order valence-electron chi connectivity index (χ3n) is 5.23. The van der Waals surface area contributed by atoms with Gasteiger partial charge in [0.15, 0.2) is 0 Å². The molecule has 174 valence electrons. The number of benzene rings is 2. The summed E-state index contributed by atoms with van der Waals surface area (Å²) in [6, 6.07) is 10.9. The first-order valence-corrected chi connectivity index (χ1v) is 12.7. The van der Waals surface area contributed by atoms with E-state index >= 15 is 0 Å². The third kappa shape index (κ3) is 4.33. The van der Waals surface area contributed by atoms with E-state index in [1.807, 2.05) is 32.0 Å². The van der Waals surface area contributed by atoms with Gasteiger partial charge in [-0.25, -0.2) is 17.7 Å². The third-order valence-corrected chi connectivity index (χ3v) is 7.95. The Bertz CT molecular complexity index is 1410. The minimum atomic E-state index is -3.54. The summed E-state index contributed by atoms with van der Waals surface area (Å²) in [6.07, 6.45) is 0. The SMILES string of the molecule is CCn1c(CSc2nnnn2-c2cc(C)ccc2OC)nc2cc(S(=O)(=O)N(C)C)ccc21. The maximum Gasteiger partial charge on any atom is 0.242 e. The molecule has 2 heterocycles. The lowest BCUT2D eigenvalue weighted by Crippen LogP contribution is -2.22. The van der Waals surface area contributed by atoms with Crippen LogP contribution in [0.3, 0.4) is 0 Å². The minimum absolute atomic E-state index is 0.218. The predicted molar refractivity (Wildman–Crippen MR) is 126 cm³/mol. The highest BCUT2D eigenvalue weighted by Gasteiger charge is 2.20. The number of hydrogen-bond donors (Lipinski definition) is 0. The van der Waals surface area contributed by atoms with Gasteiger partial charge in [0.25, 0.3) is 0 Å². The summed E-state index contributed by atoms with van der Waals surface area (Å²) in [5.74, 6) is 1.99.